The highest BCUT2D eigenvalue weighted by Crippen LogP contribution is 2.47. The van der Waals surface area contributed by atoms with Gasteiger partial charge >= 0.3 is 5.97 Å². The van der Waals surface area contributed by atoms with Gasteiger partial charge in [0, 0.05) is 19.3 Å². The molecular weight excluding hydrogens is 620 g/mol. The van der Waals surface area contributed by atoms with Gasteiger partial charge in [-0.15, -0.1) is 0 Å². The molecule has 2 aliphatic rings. The zero-order valence-corrected chi connectivity index (χ0v) is 28.1. The van der Waals surface area contributed by atoms with Crippen molar-refractivity contribution < 1.29 is 69.1 Å². The van der Waals surface area contributed by atoms with Crippen LogP contribution in [-0.2, 0) is 33.3 Å². The van der Waals surface area contributed by atoms with Crippen LogP contribution in [0.3, 0.4) is 0 Å². The van der Waals surface area contributed by atoms with Crippen molar-refractivity contribution in [3.63, 3.8) is 0 Å². The quantitative estimate of drug-likeness (QED) is 0.0453. The Kier molecular flexibility index (Phi) is 17.8. The van der Waals surface area contributed by atoms with Gasteiger partial charge in [0.25, 0.3) is 11.4 Å². The third-order valence-corrected chi connectivity index (χ3v) is 9.03. The Balaban J connectivity index is 2.79. The van der Waals surface area contributed by atoms with E-state index in [1.165, 1.54) is 0 Å². The number of rotatable bonds is 23. The molecule has 14 nitrogen and oxygen atoms in total. The smallest absolute Gasteiger partial charge is 0.307 e. The van der Waals surface area contributed by atoms with Crippen LogP contribution in [0.2, 0.25) is 0 Å². The molecule has 0 amide bonds. The molecule has 0 saturated carbocycles. The minimum atomic E-state index is -3.09. The van der Waals surface area contributed by atoms with E-state index in [0.29, 0.717) is 25.7 Å². The van der Waals surface area contributed by atoms with Crippen LogP contribution in [0.1, 0.15) is 117 Å². The van der Waals surface area contributed by atoms with E-state index in [0.717, 1.165) is 38.5 Å². The number of ketones is 2. The zero-order valence-electron chi connectivity index (χ0n) is 28.1. The molecule has 0 bridgehead atoms. The molecule has 0 aromatic carbocycles. The van der Waals surface area contributed by atoms with Crippen LogP contribution in [0, 0.1) is 0 Å². The summed E-state index contributed by atoms with van der Waals surface area (Å²) in [5.41, 5.74) is -3.05. The Labute approximate surface area is 277 Å². The van der Waals surface area contributed by atoms with E-state index in [4.69, 9.17) is 18.9 Å². The molecule has 0 radical (unpaired) electrons. The molecule has 2 rings (SSSR count). The summed E-state index contributed by atoms with van der Waals surface area (Å²) in [6.07, 6.45) is -8.65. The summed E-state index contributed by atoms with van der Waals surface area (Å²) in [6.45, 7) is 4.14. The molecule has 9 atom stereocenters. The molecule has 0 aliphatic carbocycles. The Morgan fingerprint density at radius 1 is 0.638 bits per heavy atom. The van der Waals surface area contributed by atoms with Gasteiger partial charge in [-0.3, -0.25) is 14.4 Å². The predicted octanol–water partition coefficient (Wildman–Crippen LogP) is 0.944. The maximum absolute atomic E-state index is 14.5. The highest BCUT2D eigenvalue weighted by Gasteiger charge is 2.75. The van der Waals surface area contributed by atoms with Crippen LogP contribution >= 0.6 is 0 Å². The molecule has 0 unspecified atom stereocenters. The van der Waals surface area contributed by atoms with Crippen molar-refractivity contribution in [2.24, 2.45) is 0 Å². The second kappa shape index (κ2) is 20.2. The number of hydrogen-bond acceptors (Lipinski definition) is 14. The molecule has 0 aromatic rings. The molecule has 2 aliphatic heterocycles. The van der Waals surface area contributed by atoms with Gasteiger partial charge in [0.2, 0.25) is 0 Å². The molecule has 14 heteroatoms. The Morgan fingerprint density at radius 3 is 1.57 bits per heavy atom. The molecule has 2 fully saturated rings. The van der Waals surface area contributed by atoms with Crippen LogP contribution in [0.4, 0.5) is 0 Å². The van der Waals surface area contributed by atoms with E-state index in [2.05, 4.69) is 0 Å². The monoisotopic (exact) mass is 678 g/mol. The van der Waals surface area contributed by atoms with Gasteiger partial charge in [0.05, 0.1) is 13.2 Å². The highest BCUT2D eigenvalue weighted by molar-refractivity contribution is 6.13. The molecule has 47 heavy (non-hydrogen) atoms. The van der Waals surface area contributed by atoms with Crippen LogP contribution < -0.4 is 0 Å². The summed E-state index contributed by atoms with van der Waals surface area (Å²) in [5.74, 6) is -6.02. The summed E-state index contributed by atoms with van der Waals surface area (Å²) >= 11 is 0. The zero-order chi connectivity index (χ0) is 35.2. The normalized spacial score (nSPS) is 31.2. The van der Waals surface area contributed by atoms with Gasteiger partial charge in [-0.1, -0.05) is 78.6 Å². The van der Waals surface area contributed by atoms with E-state index in [1.807, 2.05) is 20.8 Å². The van der Waals surface area contributed by atoms with Crippen molar-refractivity contribution in [2.45, 2.75) is 177 Å². The fraction of sp³-hybridized carbons (Fsp3) is 0.909. The number of Topliss-reactive ketones (excluding diaryl/α,β-unsaturated/α-hetero) is 2. The van der Waals surface area contributed by atoms with Gasteiger partial charge in [0.15, 0.2) is 17.9 Å². The first-order valence-electron chi connectivity index (χ1n) is 17.3. The molecule has 2 saturated heterocycles. The highest BCUT2D eigenvalue weighted by atomic mass is 16.8. The summed E-state index contributed by atoms with van der Waals surface area (Å²) in [4.78, 5) is 42.6. The molecule has 7 N–H and O–H groups in total. The number of hydrogen-bond donors (Lipinski definition) is 7. The largest absolute Gasteiger partial charge is 0.437 e. The minimum Gasteiger partial charge on any atom is -0.437 e. The van der Waals surface area contributed by atoms with Crippen LogP contribution in [0.5, 0.6) is 0 Å². The lowest BCUT2D eigenvalue weighted by atomic mass is 9.76. The average Bonchev–Trinajstić information content (AvgIpc) is 3.31. The fourth-order valence-electron chi connectivity index (χ4n) is 6.17. The van der Waals surface area contributed by atoms with Crippen LogP contribution in [-0.4, -0.2) is 127 Å². The van der Waals surface area contributed by atoms with Crippen molar-refractivity contribution in [2.75, 3.05) is 13.2 Å². The van der Waals surface area contributed by atoms with E-state index < -0.39 is 91.2 Å². The lowest BCUT2D eigenvalue weighted by Crippen LogP contribution is -2.74. The lowest BCUT2D eigenvalue weighted by Gasteiger charge is -2.49. The van der Waals surface area contributed by atoms with E-state index in [1.54, 1.807) is 0 Å². The summed E-state index contributed by atoms with van der Waals surface area (Å²) in [7, 11) is 0. The van der Waals surface area contributed by atoms with Crippen molar-refractivity contribution in [1.82, 2.24) is 0 Å². The number of ether oxygens (including phenoxy) is 4. The van der Waals surface area contributed by atoms with Crippen LogP contribution in [0.15, 0.2) is 0 Å². The molecule has 0 spiro atoms. The van der Waals surface area contributed by atoms with Gasteiger partial charge in [-0.25, -0.2) is 0 Å². The van der Waals surface area contributed by atoms with Crippen LogP contribution in [0.25, 0.3) is 0 Å². The number of carbonyl (C=O) groups excluding carboxylic acids is 3. The summed E-state index contributed by atoms with van der Waals surface area (Å²) in [5, 5.41) is 74.3. The molecule has 0 aromatic heterocycles. The van der Waals surface area contributed by atoms with Gasteiger partial charge in [-0.2, -0.15) is 0 Å². The number of carbonyl (C=O) groups is 3. The Morgan fingerprint density at radius 2 is 1.13 bits per heavy atom. The third kappa shape index (κ3) is 9.77. The lowest BCUT2D eigenvalue weighted by molar-refractivity contribution is -0.401. The maximum Gasteiger partial charge on any atom is 0.307 e. The van der Waals surface area contributed by atoms with Crippen molar-refractivity contribution in [3.05, 3.63) is 0 Å². The summed E-state index contributed by atoms with van der Waals surface area (Å²) < 4.78 is 23.3. The number of aliphatic hydroxyl groups is 7. The average molecular weight is 679 g/mol. The first kappa shape index (κ1) is 41.6. The van der Waals surface area contributed by atoms with Crippen molar-refractivity contribution in [3.8, 4) is 0 Å². The predicted molar refractivity (Wildman–Crippen MR) is 167 cm³/mol. The van der Waals surface area contributed by atoms with Crippen molar-refractivity contribution in [1.29, 1.82) is 0 Å². The van der Waals surface area contributed by atoms with Gasteiger partial charge < -0.3 is 54.7 Å². The second-order valence-electron chi connectivity index (χ2n) is 12.7. The minimum absolute atomic E-state index is 0.202. The number of esters is 1. The van der Waals surface area contributed by atoms with Gasteiger partial charge in [0.1, 0.15) is 42.7 Å². The van der Waals surface area contributed by atoms with Crippen molar-refractivity contribution >= 4 is 17.5 Å². The number of unbranched alkanes of at least 4 members (excludes halogenated alkanes) is 9. The summed E-state index contributed by atoms with van der Waals surface area (Å²) in [6, 6.07) is 0. The second-order valence-corrected chi connectivity index (χ2v) is 12.7. The fourth-order valence-corrected chi connectivity index (χ4v) is 6.17. The van der Waals surface area contributed by atoms with Gasteiger partial charge in [-0.05, 0) is 19.3 Å². The Hall–Kier alpha value is -1.59. The first-order chi connectivity index (χ1) is 22.4. The molecular formula is C33H58O14. The Bertz CT molecular complexity index is 936. The van der Waals surface area contributed by atoms with E-state index in [9.17, 15) is 50.1 Å². The molecule has 274 valence electrons. The maximum atomic E-state index is 14.5. The number of aliphatic hydroxyl groups excluding tert-OH is 7. The van der Waals surface area contributed by atoms with E-state index in [-0.39, 0.29) is 32.1 Å². The van der Waals surface area contributed by atoms with E-state index >= 15 is 0 Å². The third-order valence-electron chi connectivity index (χ3n) is 9.03. The topological polar surface area (TPSA) is 230 Å². The SMILES string of the molecule is CCCCCCC(=O)OC(C(=O)CCCCCC)(C(=O)CCCCCC)[C@@]1(O[C@H]2O[C@H](CO)[C@@H](O)[C@H](O)[C@H]2O)O[C@H](CO)[C@@H](O)[C@@H]1O. The standard InChI is InChI=1S/C33H58O14/c1-4-7-10-13-16-23(36)32(24(37)17-14-11-8-5-2,46-25(38)18-15-12-9-6-3)33(30(43)27(40)22(20-35)45-33)47-31-29(42)28(41)26(39)21(19-34)44-31/h21-22,26-31,34-35,39-43H,4-20H2,1-3H3/t21-,22-,26-,27-,28+,29-,30+,31-,33-/m1/s1. The first-order valence-corrected chi connectivity index (χ1v) is 17.3. The molecule has 2 heterocycles.